The fraction of sp³-hybridized carbons (Fsp3) is 0.259. The number of rotatable bonds is 11. The van der Waals surface area contributed by atoms with Crippen LogP contribution in [0.4, 0.5) is 5.00 Å². The summed E-state index contributed by atoms with van der Waals surface area (Å²) in [5.74, 6) is 1.94. The van der Waals surface area contributed by atoms with E-state index in [0.29, 0.717) is 45.2 Å². The molecule has 5 rings (SSSR count). The molecule has 2 aromatic heterocycles. The highest BCUT2D eigenvalue weighted by atomic mass is 79.9. The molecule has 40 heavy (non-hydrogen) atoms. The van der Waals surface area contributed by atoms with Crippen LogP contribution in [0.5, 0.6) is 17.2 Å². The van der Waals surface area contributed by atoms with Gasteiger partial charge in [0, 0.05) is 15.8 Å². The van der Waals surface area contributed by atoms with Gasteiger partial charge in [0.05, 0.1) is 17.9 Å². The van der Waals surface area contributed by atoms with Crippen LogP contribution in [0.25, 0.3) is 0 Å². The lowest BCUT2D eigenvalue weighted by Gasteiger charge is -2.06. The number of hydrogen-bond acceptors (Lipinski definition) is 10. The van der Waals surface area contributed by atoms with Crippen LogP contribution >= 0.6 is 39.0 Å². The summed E-state index contributed by atoms with van der Waals surface area (Å²) in [5, 5.41) is 10.7. The first-order valence-corrected chi connectivity index (χ1v) is 14.9. The van der Waals surface area contributed by atoms with Gasteiger partial charge in [-0.1, -0.05) is 33.8 Å². The van der Waals surface area contributed by atoms with Crippen molar-refractivity contribution in [3.05, 3.63) is 74.3 Å². The lowest BCUT2D eigenvalue weighted by molar-refractivity contribution is -0.113. The van der Waals surface area contributed by atoms with E-state index in [2.05, 4.69) is 36.4 Å². The van der Waals surface area contributed by atoms with Gasteiger partial charge in [-0.25, -0.2) is 9.78 Å². The zero-order chi connectivity index (χ0) is 28.1. The molecule has 0 saturated carbocycles. The molecule has 1 aliphatic heterocycles. The maximum absolute atomic E-state index is 12.9. The standard InChI is InChI=1S/C27H25BrN4O6S2/c1-3-35-26(34)24-15(2)21(11-16-4-9-19-20(10-16)38-14-37-19)40-25(24)30-23(33)13-39-27-29-22(31-32-27)12-36-18-7-5-17(28)6-8-18/h4-10H,3,11-14H2,1-2H3,(H,30,33)(H,29,31,32). The second-order valence-corrected chi connectivity index (χ2v) is 11.5. The Kier molecular flexibility index (Phi) is 8.92. The van der Waals surface area contributed by atoms with Crippen molar-refractivity contribution in [3.8, 4) is 17.2 Å². The smallest absolute Gasteiger partial charge is 0.341 e. The van der Waals surface area contributed by atoms with Gasteiger partial charge in [0.2, 0.25) is 17.9 Å². The van der Waals surface area contributed by atoms with Crippen LogP contribution in [0.15, 0.2) is 52.1 Å². The molecular formula is C27H25BrN4O6S2. The number of amides is 1. The van der Waals surface area contributed by atoms with E-state index >= 15 is 0 Å². The highest BCUT2D eigenvalue weighted by Crippen LogP contribution is 2.38. The predicted molar refractivity (Wildman–Crippen MR) is 155 cm³/mol. The van der Waals surface area contributed by atoms with Crippen molar-refractivity contribution in [2.24, 2.45) is 0 Å². The molecule has 2 N–H and O–H groups in total. The van der Waals surface area contributed by atoms with Crippen LogP contribution in [0.2, 0.25) is 0 Å². The van der Waals surface area contributed by atoms with E-state index in [4.69, 9.17) is 18.9 Å². The molecule has 13 heteroatoms. The number of nitrogens with zero attached hydrogens (tertiary/aromatic N) is 2. The Bertz CT molecular complexity index is 1520. The van der Waals surface area contributed by atoms with Crippen molar-refractivity contribution in [1.82, 2.24) is 15.2 Å². The van der Waals surface area contributed by atoms with Crippen molar-refractivity contribution in [3.63, 3.8) is 0 Å². The normalized spacial score (nSPS) is 11.9. The molecule has 208 valence electrons. The number of carbonyl (C=O) groups excluding carboxylic acids is 2. The van der Waals surface area contributed by atoms with Gasteiger partial charge >= 0.3 is 5.97 Å². The summed E-state index contributed by atoms with van der Waals surface area (Å²) in [5.41, 5.74) is 2.14. The molecule has 1 aliphatic rings. The Hall–Kier alpha value is -3.55. The average Bonchev–Trinajstić information content (AvgIpc) is 3.66. The van der Waals surface area contributed by atoms with Crippen LogP contribution in [-0.2, 0) is 22.6 Å². The third-order valence-corrected chi connectivity index (χ3v) is 8.40. The molecule has 3 heterocycles. The zero-order valence-corrected chi connectivity index (χ0v) is 24.8. The molecule has 0 saturated heterocycles. The molecule has 0 atom stereocenters. The fourth-order valence-electron chi connectivity index (χ4n) is 3.88. The van der Waals surface area contributed by atoms with Crippen LogP contribution in [0.1, 0.15) is 39.1 Å². The predicted octanol–water partition coefficient (Wildman–Crippen LogP) is 5.74. The second-order valence-electron chi connectivity index (χ2n) is 8.58. The lowest BCUT2D eigenvalue weighted by Crippen LogP contribution is -2.16. The third kappa shape index (κ3) is 6.77. The Morgan fingerprint density at radius 1 is 1.18 bits per heavy atom. The number of ether oxygens (including phenoxy) is 4. The monoisotopic (exact) mass is 644 g/mol. The number of anilines is 1. The Labute approximate surface area is 246 Å². The van der Waals surface area contributed by atoms with E-state index in [9.17, 15) is 9.59 Å². The molecule has 4 aromatic rings. The van der Waals surface area contributed by atoms with Crippen LogP contribution in [0, 0.1) is 6.92 Å². The van der Waals surface area contributed by atoms with Gasteiger partial charge in [-0.15, -0.1) is 16.4 Å². The largest absolute Gasteiger partial charge is 0.486 e. The Balaban J connectivity index is 1.22. The number of esters is 1. The first kappa shape index (κ1) is 28.0. The number of aromatic amines is 1. The molecule has 1 amide bonds. The van der Waals surface area contributed by atoms with Gasteiger partial charge in [-0.3, -0.25) is 9.89 Å². The number of aromatic nitrogens is 3. The minimum Gasteiger partial charge on any atom is -0.486 e. The first-order valence-electron chi connectivity index (χ1n) is 12.3. The summed E-state index contributed by atoms with van der Waals surface area (Å²) in [4.78, 5) is 31.0. The van der Waals surface area contributed by atoms with Crippen LogP contribution in [-0.4, -0.2) is 46.2 Å². The van der Waals surface area contributed by atoms with Gasteiger partial charge < -0.3 is 24.3 Å². The molecule has 10 nitrogen and oxygen atoms in total. The van der Waals surface area contributed by atoms with Gasteiger partial charge in [0.1, 0.15) is 17.4 Å². The SMILES string of the molecule is CCOC(=O)c1c(NC(=O)CSc2n[nH]c(COc3ccc(Br)cc3)n2)sc(Cc2ccc3c(c2)OCO3)c1C. The summed E-state index contributed by atoms with van der Waals surface area (Å²) in [7, 11) is 0. The molecule has 0 bridgehead atoms. The van der Waals surface area contributed by atoms with E-state index in [1.807, 2.05) is 49.4 Å². The molecular weight excluding hydrogens is 620 g/mol. The summed E-state index contributed by atoms with van der Waals surface area (Å²) in [6, 6.07) is 13.2. The molecule has 0 radical (unpaired) electrons. The quantitative estimate of drug-likeness (QED) is 0.155. The summed E-state index contributed by atoms with van der Waals surface area (Å²) < 4.78 is 22.8. The Morgan fingerprint density at radius 3 is 2.77 bits per heavy atom. The number of thioether (sulfide) groups is 1. The van der Waals surface area contributed by atoms with Crippen molar-refractivity contribution >= 4 is 55.9 Å². The second kappa shape index (κ2) is 12.7. The number of hydrogen-bond donors (Lipinski definition) is 2. The lowest BCUT2D eigenvalue weighted by atomic mass is 10.1. The maximum atomic E-state index is 12.9. The van der Waals surface area contributed by atoms with Crippen LogP contribution < -0.4 is 19.5 Å². The highest BCUT2D eigenvalue weighted by molar-refractivity contribution is 9.10. The maximum Gasteiger partial charge on any atom is 0.341 e. The van der Waals surface area contributed by atoms with E-state index in [-0.39, 0.29) is 31.7 Å². The van der Waals surface area contributed by atoms with E-state index in [1.54, 1.807) is 6.92 Å². The topological polar surface area (TPSA) is 125 Å². The fourth-order valence-corrected chi connectivity index (χ4v) is 6.01. The Morgan fingerprint density at radius 2 is 1.98 bits per heavy atom. The number of fused-ring (bicyclic) bond motifs is 1. The van der Waals surface area contributed by atoms with Crippen molar-refractivity contribution in [2.75, 3.05) is 24.5 Å². The number of benzene rings is 2. The first-order chi connectivity index (χ1) is 19.4. The van der Waals surface area contributed by atoms with E-state index < -0.39 is 5.97 Å². The number of thiophene rings is 1. The summed E-state index contributed by atoms with van der Waals surface area (Å²) >= 11 is 5.92. The number of H-pyrrole nitrogens is 1. The van der Waals surface area contributed by atoms with Gasteiger partial charge in [-0.2, -0.15) is 0 Å². The summed E-state index contributed by atoms with van der Waals surface area (Å²) in [6.45, 7) is 4.25. The molecule has 0 spiro atoms. The van der Waals surface area contributed by atoms with Crippen molar-refractivity contribution in [2.45, 2.75) is 32.0 Å². The minimum absolute atomic E-state index is 0.0571. The van der Waals surface area contributed by atoms with Gasteiger partial charge in [0.15, 0.2) is 17.3 Å². The molecule has 0 aliphatic carbocycles. The van der Waals surface area contributed by atoms with E-state index in [1.165, 1.54) is 23.1 Å². The number of carbonyl (C=O) groups is 2. The third-order valence-electron chi connectivity index (χ3n) is 5.81. The van der Waals surface area contributed by atoms with Gasteiger partial charge in [-0.05, 0) is 61.4 Å². The average molecular weight is 646 g/mol. The molecule has 0 fully saturated rings. The summed E-state index contributed by atoms with van der Waals surface area (Å²) in [6.07, 6.45) is 0.562. The zero-order valence-electron chi connectivity index (χ0n) is 21.6. The minimum atomic E-state index is -0.472. The molecule has 2 aromatic carbocycles. The van der Waals surface area contributed by atoms with Crippen molar-refractivity contribution < 1.29 is 28.5 Å². The van der Waals surface area contributed by atoms with Crippen molar-refractivity contribution in [1.29, 1.82) is 0 Å². The highest BCUT2D eigenvalue weighted by Gasteiger charge is 2.24. The number of halogens is 1. The van der Waals surface area contributed by atoms with Gasteiger partial charge in [0.25, 0.3) is 0 Å². The van der Waals surface area contributed by atoms with Crippen LogP contribution in [0.3, 0.4) is 0 Å². The van der Waals surface area contributed by atoms with E-state index in [0.717, 1.165) is 20.5 Å². The number of nitrogens with one attached hydrogen (secondary N) is 2. The molecule has 0 unspecified atom stereocenters.